The van der Waals surface area contributed by atoms with Gasteiger partial charge in [-0.2, -0.15) is 0 Å². The lowest BCUT2D eigenvalue weighted by molar-refractivity contribution is -0.131. The predicted molar refractivity (Wildman–Crippen MR) is 160 cm³/mol. The minimum Gasteiger partial charge on any atom is -0.365 e. The molecule has 196 valence electrons. The van der Waals surface area contributed by atoms with E-state index in [0.717, 1.165) is 42.1 Å². The number of hydrogen-bond donors (Lipinski definition) is 1. The van der Waals surface area contributed by atoms with Crippen LogP contribution in [0.4, 0.5) is 11.4 Å². The number of anilines is 2. The summed E-state index contributed by atoms with van der Waals surface area (Å²) in [5.41, 5.74) is 5.42. The van der Waals surface area contributed by atoms with Crippen molar-refractivity contribution in [2.24, 2.45) is 0 Å². The van der Waals surface area contributed by atoms with Gasteiger partial charge in [-0.3, -0.25) is 4.79 Å². The lowest BCUT2D eigenvalue weighted by Crippen LogP contribution is -2.42. The summed E-state index contributed by atoms with van der Waals surface area (Å²) in [6.07, 6.45) is 4.44. The number of nitrogens with zero attached hydrogens (tertiary/aromatic N) is 3. The molecule has 1 heterocycles. The quantitative estimate of drug-likeness (QED) is 0.270. The van der Waals surface area contributed by atoms with Gasteiger partial charge in [0.25, 0.3) is 0 Å². The second-order valence-corrected chi connectivity index (χ2v) is 10.9. The number of hydrogen-bond acceptors (Lipinski definition) is 5. The van der Waals surface area contributed by atoms with Crippen molar-refractivity contribution in [1.82, 2.24) is 9.80 Å². The average molecular weight is 558 g/mol. The molecule has 3 aromatic rings. The van der Waals surface area contributed by atoms with Crippen LogP contribution in [0.25, 0.3) is 11.1 Å². The highest BCUT2D eigenvalue weighted by Crippen LogP contribution is 2.29. The van der Waals surface area contributed by atoms with Crippen molar-refractivity contribution in [1.29, 1.82) is 0 Å². The van der Waals surface area contributed by atoms with E-state index >= 15 is 0 Å². The molecule has 1 N–H and O–H groups in total. The van der Waals surface area contributed by atoms with Gasteiger partial charge in [-0.05, 0) is 73.0 Å². The predicted octanol–water partition coefficient (Wildman–Crippen LogP) is 7.08. The molecule has 5 nitrogen and oxygen atoms in total. The minimum atomic E-state index is -0.0324. The minimum absolute atomic E-state index is 0.0324. The van der Waals surface area contributed by atoms with Gasteiger partial charge >= 0.3 is 0 Å². The fourth-order valence-corrected chi connectivity index (χ4v) is 5.37. The van der Waals surface area contributed by atoms with E-state index in [4.69, 9.17) is 23.2 Å². The van der Waals surface area contributed by atoms with Gasteiger partial charge in [0.1, 0.15) is 0 Å². The van der Waals surface area contributed by atoms with E-state index in [1.165, 1.54) is 18.4 Å². The average Bonchev–Trinajstić information content (AvgIpc) is 3.42. The molecular formula is C29H34Cl2N4OS. The van der Waals surface area contributed by atoms with Crippen LogP contribution in [0.2, 0.25) is 10.0 Å². The molecule has 8 heteroatoms. The molecule has 0 aromatic heterocycles. The van der Waals surface area contributed by atoms with Crippen molar-refractivity contribution in [2.75, 3.05) is 56.2 Å². The van der Waals surface area contributed by atoms with Crippen LogP contribution < -0.4 is 9.62 Å². The van der Waals surface area contributed by atoms with Crippen LogP contribution in [0.5, 0.6) is 0 Å². The van der Waals surface area contributed by atoms with Crippen LogP contribution in [0, 0.1) is 0 Å². The Balaban J connectivity index is 1.51. The fraction of sp³-hybridized carbons (Fsp3) is 0.345. The van der Waals surface area contributed by atoms with Gasteiger partial charge in [0.05, 0.1) is 22.6 Å². The van der Waals surface area contributed by atoms with Gasteiger partial charge in [-0.25, -0.2) is 0 Å². The highest BCUT2D eigenvalue weighted by Gasteiger charge is 2.26. The normalized spacial score (nSPS) is 14.4. The van der Waals surface area contributed by atoms with Crippen LogP contribution in [-0.4, -0.2) is 62.2 Å². The number of likely N-dealkylation sites (N-methyl/N-ethyl adjacent to an activating group) is 2. The van der Waals surface area contributed by atoms with E-state index < -0.39 is 0 Å². The van der Waals surface area contributed by atoms with E-state index in [-0.39, 0.29) is 18.5 Å². The third-order valence-electron chi connectivity index (χ3n) is 6.94. The van der Waals surface area contributed by atoms with Gasteiger partial charge in [0.15, 0.2) is 0 Å². The zero-order valence-corrected chi connectivity index (χ0v) is 23.9. The van der Waals surface area contributed by atoms with Crippen molar-refractivity contribution in [3.63, 3.8) is 0 Å². The smallest absolute Gasteiger partial charge is 0.242 e. The first kappa shape index (κ1) is 27.6. The first-order chi connectivity index (χ1) is 17.9. The van der Waals surface area contributed by atoms with Crippen LogP contribution in [-0.2, 0) is 4.79 Å². The number of halogens is 2. The summed E-state index contributed by atoms with van der Waals surface area (Å²) < 4.78 is 3.26. The Labute approximate surface area is 234 Å². The lowest BCUT2D eigenvalue weighted by Gasteiger charge is -2.33. The van der Waals surface area contributed by atoms with E-state index in [9.17, 15) is 4.79 Å². The summed E-state index contributed by atoms with van der Waals surface area (Å²) in [5.74, 6) is 0.0544. The molecule has 1 aliphatic rings. The molecule has 0 spiro atoms. The monoisotopic (exact) mass is 556 g/mol. The zero-order chi connectivity index (χ0) is 26.4. The van der Waals surface area contributed by atoms with Gasteiger partial charge in [0, 0.05) is 38.3 Å². The summed E-state index contributed by atoms with van der Waals surface area (Å²) in [5, 5.41) is 0.984. The van der Waals surface area contributed by atoms with Crippen LogP contribution in [0.15, 0.2) is 66.7 Å². The van der Waals surface area contributed by atoms with Gasteiger partial charge in [0.2, 0.25) is 5.91 Å². The second-order valence-electron chi connectivity index (χ2n) is 9.49. The van der Waals surface area contributed by atoms with E-state index in [1.807, 2.05) is 36.2 Å². The Kier molecular flexibility index (Phi) is 9.65. The molecule has 4 rings (SSSR count). The maximum atomic E-state index is 13.4. The highest BCUT2D eigenvalue weighted by molar-refractivity contribution is 7.99. The number of nitrogens with one attached hydrogen (secondary N) is 1. The third-order valence-corrected chi connectivity index (χ3v) is 8.12. The Morgan fingerprint density at radius 1 is 0.946 bits per heavy atom. The molecule has 1 unspecified atom stereocenters. The molecule has 0 radical (unpaired) electrons. The Morgan fingerprint density at radius 2 is 1.57 bits per heavy atom. The summed E-state index contributed by atoms with van der Waals surface area (Å²) in [7, 11) is 3.81. The lowest BCUT2D eigenvalue weighted by atomic mass is 9.99. The van der Waals surface area contributed by atoms with Crippen molar-refractivity contribution < 1.29 is 4.79 Å². The summed E-state index contributed by atoms with van der Waals surface area (Å²) in [4.78, 5) is 19.7. The van der Waals surface area contributed by atoms with E-state index in [2.05, 4.69) is 58.2 Å². The van der Waals surface area contributed by atoms with Crippen molar-refractivity contribution >= 4 is 52.4 Å². The van der Waals surface area contributed by atoms with Crippen LogP contribution in [0.1, 0.15) is 24.4 Å². The number of benzene rings is 3. The molecule has 3 aromatic carbocycles. The number of rotatable bonds is 10. The van der Waals surface area contributed by atoms with Crippen molar-refractivity contribution in [3.8, 4) is 11.1 Å². The molecule has 1 atom stereocenters. The molecule has 0 aliphatic carbocycles. The number of carbonyl (C=O) groups excluding carboxylic acids is 1. The SMILES string of the molecule is CSNc1ccc(-c2ccc(C(CN3CCCC3)N(C)C(=O)CN(C)c3ccc(Cl)c(Cl)c3)cc2)cc1. The maximum Gasteiger partial charge on any atom is 0.242 e. The zero-order valence-electron chi connectivity index (χ0n) is 21.6. The van der Waals surface area contributed by atoms with Crippen LogP contribution >= 0.6 is 35.1 Å². The molecule has 1 amide bonds. The summed E-state index contributed by atoms with van der Waals surface area (Å²) in [6.45, 7) is 3.24. The Bertz CT molecular complexity index is 1180. The standard InChI is InChI=1S/C29H34Cl2N4OS/c1-33(25-14-15-26(30)27(31)18-25)20-29(36)34(2)28(19-35-16-4-5-17-35)23-8-6-21(7-9-23)22-10-12-24(13-11-22)32-37-3/h6-15,18,28,32H,4-5,16-17,19-20H2,1-3H3. The molecule has 1 aliphatic heterocycles. The van der Waals surface area contributed by atoms with Gasteiger partial charge < -0.3 is 19.4 Å². The first-order valence-electron chi connectivity index (χ1n) is 12.5. The number of amides is 1. The molecule has 1 fully saturated rings. The largest absolute Gasteiger partial charge is 0.365 e. The molecular weight excluding hydrogens is 523 g/mol. The summed E-state index contributed by atoms with van der Waals surface area (Å²) in [6, 6.07) is 22.5. The first-order valence-corrected chi connectivity index (χ1v) is 14.5. The topological polar surface area (TPSA) is 38.8 Å². The summed E-state index contributed by atoms with van der Waals surface area (Å²) >= 11 is 13.8. The third kappa shape index (κ3) is 7.14. The Morgan fingerprint density at radius 3 is 2.16 bits per heavy atom. The number of carbonyl (C=O) groups is 1. The number of likely N-dealkylation sites (tertiary alicyclic amines) is 1. The van der Waals surface area contributed by atoms with Crippen LogP contribution in [0.3, 0.4) is 0 Å². The molecule has 1 saturated heterocycles. The molecule has 0 bridgehead atoms. The second kappa shape index (κ2) is 12.9. The van der Waals surface area contributed by atoms with E-state index in [0.29, 0.717) is 10.0 Å². The van der Waals surface area contributed by atoms with Crippen molar-refractivity contribution in [2.45, 2.75) is 18.9 Å². The van der Waals surface area contributed by atoms with E-state index in [1.54, 1.807) is 24.1 Å². The molecule has 0 saturated carbocycles. The van der Waals surface area contributed by atoms with Gasteiger partial charge in [-0.15, -0.1) is 0 Å². The molecule has 37 heavy (non-hydrogen) atoms. The Hall–Kier alpha value is -2.38. The van der Waals surface area contributed by atoms with Gasteiger partial charge in [-0.1, -0.05) is 71.5 Å². The maximum absolute atomic E-state index is 13.4. The van der Waals surface area contributed by atoms with Crippen molar-refractivity contribution in [3.05, 3.63) is 82.3 Å². The highest BCUT2D eigenvalue weighted by atomic mass is 35.5. The fourth-order valence-electron chi connectivity index (χ4n) is 4.71.